The van der Waals surface area contributed by atoms with Crippen molar-refractivity contribution in [3.63, 3.8) is 0 Å². The van der Waals surface area contributed by atoms with Crippen LogP contribution in [0.3, 0.4) is 0 Å². The summed E-state index contributed by atoms with van der Waals surface area (Å²) in [7, 11) is 0. The minimum atomic E-state index is 0.877. The Bertz CT molecular complexity index is 722. The van der Waals surface area contributed by atoms with Gasteiger partial charge in [-0.05, 0) is 44.0 Å². The molecule has 1 aromatic carbocycles. The van der Waals surface area contributed by atoms with Crippen molar-refractivity contribution in [2.24, 2.45) is 0 Å². The minimum Gasteiger partial charge on any atom is -0.234 e. The van der Waals surface area contributed by atoms with Crippen molar-refractivity contribution in [1.82, 2.24) is 14.8 Å². The summed E-state index contributed by atoms with van der Waals surface area (Å²) >= 11 is 0. The van der Waals surface area contributed by atoms with Crippen LogP contribution < -0.4 is 0 Å². The van der Waals surface area contributed by atoms with Crippen LogP contribution in [0.1, 0.15) is 17.0 Å². The van der Waals surface area contributed by atoms with E-state index in [-0.39, 0.29) is 0 Å². The lowest BCUT2D eigenvalue weighted by atomic mass is 10.1. The molecule has 3 aromatic rings. The van der Waals surface area contributed by atoms with Crippen molar-refractivity contribution in [1.29, 1.82) is 0 Å². The summed E-state index contributed by atoms with van der Waals surface area (Å²) in [6.07, 6.45) is 1.91. The van der Waals surface area contributed by atoms with Crippen LogP contribution in [0.4, 0.5) is 0 Å². The molecule has 0 fully saturated rings. The Morgan fingerprint density at radius 2 is 1.70 bits per heavy atom. The largest absolute Gasteiger partial charge is 0.234 e. The van der Waals surface area contributed by atoms with Gasteiger partial charge in [0.05, 0.1) is 11.9 Å². The summed E-state index contributed by atoms with van der Waals surface area (Å²) in [5.41, 5.74) is 5.64. The van der Waals surface area contributed by atoms with Gasteiger partial charge in [0.25, 0.3) is 0 Å². The molecule has 2 aromatic heterocycles. The van der Waals surface area contributed by atoms with Crippen LogP contribution in [0.5, 0.6) is 0 Å². The van der Waals surface area contributed by atoms with Crippen LogP contribution in [0, 0.1) is 20.8 Å². The fourth-order valence-electron chi connectivity index (χ4n) is 2.47. The lowest BCUT2D eigenvalue weighted by Gasteiger charge is -2.07. The van der Waals surface area contributed by atoms with E-state index in [4.69, 9.17) is 0 Å². The number of rotatable bonds is 2. The Morgan fingerprint density at radius 3 is 2.40 bits per heavy atom. The molecule has 100 valence electrons. The van der Waals surface area contributed by atoms with Crippen LogP contribution in [0.25, 0.3) is 16.9 Å². The third-order valence-corrected chi connectivity index (χ3v) is 3.40. The van der Waals surface area contributed by atoms with E-state index in [9.17, 15) is 0 Å². The Kier molecular flexibility index (Phi) is 3.11. The molecule has 0 aliphatic heterocycles. The van der Waals surface area contributed by atoms with Crippen LogP contribution in [0.2, 0.25) is 0 Å². The Morgan fingerprint density at radius 1 is 0.950 bits per heavy atom. The third-order valence-electron chi connectivity index (χ3n) is 3.40. The Hall–Kier alpha value is -2.42. The summed E-state index contributed by atoms with van der Waals surface area (Å²) in [5, 5.41) is 4.50. The van der Waals surface area contributed by atoms with Gasteiger partial charge in [0.1, 0.15) is 0 Å². The van der Waals surface area contributed by atoms with Crippen LogP contribution in [0.15, 0.2) is 48.7 Å². The van der Waals surface area contributed by atoms with Crippen molar-refractivity contribution in [2.75, 3.05) is 0 Å². The molecule has 0 aliphatic rings. The average molecular weight is 263 g/mol. The van der Waals surface area contributed by atoms with Gasteiger partial charge in [-0.3, -0.25) is 0 Å². The highest BCUT2D eigenvalue weighted by Crippen LogP contribution is 2.24. The quantitative estimate of drug-likeness (QED) is 0.703. The van der Waals surface area contributed by atoms with E-state index in [2.05, 4.69) is 48.2 Å². The van der Waals surface area contributed by atoms with Crippen LogP contribution in [-0.4, -0.2) is 14.8 Å². The SMILES string of the molecule is Cc1cc(C)nc(-n2ncc(-c3ccccc3)c2C)c1. The van der Waals surface area contributed by atoms with Crippen molar-refractivity contribution in [3.8, 4) is 16.9 Å². The second-order valence-electron chi connectivity index (χ2n) is 5.07. The number of pyridine rings is 1. The molecule has 0 unspecified atom stereocenters. The zero-order chi connectivity index (χ0) is 14.1. The molecule has 3 heteroatoms. The van der Waals surface area contributed by atoms with E-state index in [1.807, 2.05) is 36.0 Å². The summed E-state index contributed by atoms with van der Waals surface area (Å²) in [4.78, 5) is 4.57. The Labute approximate surface area is 118 Å². The first-order valence-corrected chi connectivity index (χ1v) is 6.71. The molecule has 0 spiro atoms. The number of benzene rings is 1. The fraction of sp³-hybridized carbons (Fsp3) is 0.176. The molecule has 0 N–H and O–H groups in total. The maximum absolute atomic E-state index is 4.57. The van der Waals surface area contributed by atoms with E-state index < -0.39 is 0 Å². The molecule has 0 atom stereocenters. The van der Waals surface area contributed by atoms with E-state index in [1.165, 1.54) is 11.1 Å². The number of aryl methyl sites for hydroxylation is 2. The summed E-state index contributed by atoms with van der Waals surface area (Å²) in [6.45, 7) is 6.16. The highest BCUT2D eigenvalue weighted by Gasteiger charge is 2.11. The van der Waals surface area contributed by atoms with E-state index in [0.717, 1.165) is 22.8 Å². The lowest BCUT2D eigenvalue weighted by Crippen LogP contribution is -2.03. The zero-order valence-corrected chi connectivity index (χ0v) is 12.0. The molecule has 0 saturated carbocycles. The Balaban J connectivity index is 2.11. The van der Waals surface area contributed by atoms with Crippen LogP contribution >= 0.6 is 0 Å². The molecular formula is C17H17N3. The molecule has 0 aliphatic carbocycles. The number of nitrogens with zero attached hydrogens (tertiary/aromatic N) is 3. The van der Waals surface area contributed by atoms with Crippen molar-refractivity contribution in [3.05, 3.63) is 65.6 Å². The molecule has 3 nitrogen and oxygen atoms in total. The van der Waals surface area contributed by atoms with Gasteiger partial charge >= 0.3 is 0 Å². The molecule has 0 saturated heterocycles. The molecule has 0 radical (unpaired) electrons. The van der Waals surface area contributed by atoms with Gasteiger partial charge in [-0.15, -0.1) is 0 Å². The first-order valence-electron chi connectivity index (χ1n) is 6.71. The molecule has 0 amide bonds. The first kappa shape index (κ1) is 12.6. The maximum Gasteiger partial charge on any atom is 0.154 e. The zero-order valence-electron chi connectivity index (χ0n) is 12.0. The monoisotopic (exact) mass is 263 g/mol. The number of aromatic nitrogens is 3. The number of hydrogen-bond acceptors (Lipinski definition) is 2. The normalized spacial score (nSPS) is 10.8. The molecule has 20 heavy (non-hydrogen) atoms. The van der Waals surface area contributed by atoms with Gasteiger partial charge in [0.15, 0.2) is 5.82 Å². The number of hydrogen-bond donors (Lipinski definition) is 0. The third kappa shape index (κ3) is 2.23. The summed E-state index contributed by atoms with van der Waals surface area (Å²) in [6, 6.07) is 14.4. The van der Waals surface area contributed by atoms with Gasteiger partial charge in [0, 0.05) is 11.3 Å². The van der Waals surface area contributed by atoms with E-state index in [0.29, 0.717) is 0 Å². The van der Waals surface area contributed by atoms with Gasteiger partial charge in [-0.2, -0.15) is 5.10 Å². The van der Waals surface area contributed by atoms with Crippen molar-refractivity contribution in [2.45, 2.75) is 20.8 Å². The smallest absolute Gasteiger partial charge is 0.154 e. The molecule has 2 heterocycles. The second-order valence-corrected chi connectivity index (χ2v) is 5.07. The van der Waals surface area contributed by atoms with Crippen molar-refractivity contribution >= 4 is 0 Å². The van der Waals surface area contributed by atoms with Gasteiger partial charge < -0.3 is 0 Å². The maximum atomic E-state index is 4.57. The molecule has 0 bridgehead atoms. The summed E-state index contributed by atoms with van der Waals surface area (Å²) < 4.78 is 1.91. The predicted molar refractivity (Wildman–Crippen MR) is 81.0 cm³/mol. The topological polar surface area (TPSA) is 30.7 Å². The highest BCUT2D eigenvalue weighted by atomic mass is 15.3. The summed E-state index contributed by atoms with van der Waals surface area (Å²) in [5.74, 6) is 0.877. The van der Waals surface area contributed by atoms with Gasteiger partial charge in [-0.25, -0.2) is 9.67 Å². The lowest BCUT2D eigenvalue weighted by molar-refractivity contribution is 0.811. The van der Waals surface area contributed by atoms with Gasteiger partial charge in [0.2, 0.25) is 0 Å². The minimum absolute atomic E-state index is 0.877. The first-order chi connectivity index (χ1) is 9.65. The standard InChI is InChI=1S/C17H17N3/c1-12-9-13(2)19-17(10-12)20-14(3)16(11-18-20)15-7-5-4-6-8-15/h4-11H,1-3H3. The molecular weight excluding hydrogens is 246 g/mol. The average Bonchev–Trinajstić information content (AvgIpc) is 2.80. The van der Waals surface area contributed by atoms with E-state index >= 15 is 0 Å². The fourth-order valence-corrected chi connectivity index (χ4v) is 2.47. The second kappa shape index (κ2) is 4.93. The predicted octanol–water partition coefficient (Wildman–Crippen LogP) is 3.86. The molecule has 3 rings (SSSR count). The van der Waals surface area contributed by atoms with Gasteiger partial charge in [-0.1, -0.05) is 30.3 Å². The van der Waals surface area contributed by atoms with Crippen molar-refractivity contribution < 1.29 is 0 Å². The van der Waals surface area contributed by atoms with Crippen LogP contribution in [-0.2, 0) is 0 Å². The van der Waals surface area contributed by atoms with E-state index in [1.54, 1.807) is 0 Å². The highest BCUT2D eigenvalue weighted by molar-refractivity contribution is 5.65.